The maximum absolute atomic E-state index is 13.9. The average molecular weight is 351 g/mol. The van der Waals surface area contributed by atoms with Crippen molar-refractivity contribution in [3.05, 3.63) is 59.8 Å². The molecule has 0 amide bonds. The summed E-state index contributed by atoms with van der Waals surface area (Å²) in [5.74, 6) is 0.485. The smallest absolute Gasteiger partial charge is 0.129 e. The molecule has 25 heavy (non-hydrogen) atoms. The molecule has 0 aliphatic heterocycles. The van der Waals surface area contributed by atoms with E-state index in [0.29, 0.717) is 38.4 Å². The van der Waals surface area contributed by atoms with Crippen molar-refractivity contribution in [1.29, 1.82) is 0 Å². The van der Waals surface area contributed by atoms with Crippen molar-refractivity contribution >= 4 is 0 Å². The number of rotatable bonds is 12. The average Bonchev–Trinajstić information content (AvgIpc) is 3.10. The molecule has 2 rings (SSSR count). The lowest BCUT2D eigenvalue weighted by molar-refractivity contribution is 0.00267. The van der Waals surface area contributed by atoms with Gasteiger partial charge in [0.2, 0.25) is 0 Å². The predicted molar refractivity (Wildman–Crippen MR) is 92.5 cm³/mol. The minimum atomic E-state index is -0.663. The van der Waals surface area contributed by atoms with Crippen molar-refractivity contribution in [3.8, 4) is 0 Å². The van der Waals surface area contributed by atoms with Gasteiger partial charge in [-0.15, -0.1) is 0 Å². The Balaban J connectivity index is 1.82. The van der Waals surface area contributed by atoms with E-state index in [0.717, 1.165) is 12.2 Å². The summed E-state index contributed by atoms with van der Waals surface area (Å²) < 4.78 is 29.6. The maximum atomic E-state index is 13.9. The van der Waals surface area contributed by atoms with Gasteiger partial charge >= 0.3 is 0 Å². The van der Waals surface area contributed by atoms with E-state index in [-0.39, 0.29) is 12.4 Å². The highest BCUT2D eigenvalue weighted by Crippen LogP contribution is 2.11. The van der Waals surface area contributed by atoms with E-state index >= 15 is 0 Å². The van der Waals surface area contributed by atoms with Crippen LogP contribution in [0.15, 0.2) is 47.1 Å². The number of ether oxygens (including phenoxy) is 2. The highest BCUT2D eigenvalue weighted by Gasteiger charge is 2.14. The molecular weight excluding hydrogens is 325 g/mol. The SMILES string of the molecule is COCCCN(Cc1ccccc1F)CC(O)COCc1ccco1. The molecule has 1 unspecified atom stereocenters. The monoisotopic (exact) mass is 351 g/mol. The summed E-state index contributed by atoms with van der Waals surface area (Å²) >= 11 is 0. The van der Waals surface area contributed by atoms with Crippen LogP contribution in [0.4, 0.5) is 4.39 Å². The van der Waals surface area contributed by atoms with Gasteiger partial charge in [0.1, 0.15) is 18.2 Å². The van der Waals surface area contributed by atoms with E-state index in [4.69, 9.17) is 13.9 Å². The summed E-state index contributed by atoms with van der Waals surface area (Å²) in [6.07, 6.45) is 1.73. The molecule has 0 aliphatic carbocycles. The number of methoxy groups -OCH3 is 1. The second-order valence-electron chi connectivity index (χ2n) is 5.92. The van der Waals surface area contributed by atoms with Gasteiger partial charge in [0.25, 0.3) is 0 Å². The van der Waals surface area contributed by atoms with E-state index in [9.17, 15) is 9.50 Å². The molecule has 1 aromatic carbocycles. The van der Waals surface area contributed by atoms with Crippen LogP contribution in [0.2, 0.25) is 0 Å². The van der Waals surface area contributed by atoms with E-state index < -0.39 is 6.10 Å². The number of aliphatic hydroxyl groups excluding tert-OH is 1. The molecule has 1 N–H and O–H groups in total. The Bertz CT molecular complexity index is 591. The minimum absolute atomic E-state index is 0.193. The molecule has 0 aliphatic rings. The molecule has 138 valence electrons. The summed E-state index contributed by atoms with van der Waals surface area (Å²) in [5.41, 5.74) is 0.614. The van der Waals surface area contributed by atoms with Crippen LogP contribution >= 0.6 is 0 Å². The molecule has 0 fully saturated rings. The lowest BCUT2D eigenvalue weighted by Crippen LogP contribution is -2.35. The van der Waals surface area contributed by atoms with Crippen LogP contribution in [0.3, 0.4) is 0 Å². The van der Waals surface area contributed by atoms with Gasteiger partial charge in [-0.25, -0.2) is 4.39 Å². The Morgan fingerprint density at radius 1 is 1.24 bits per heavy atom. The van der Waals surface area contributed by atoms with Crippen molar-refractivity contribution in [3.63, 3.8) is 0 Å². The number of furan rings is 1. The maximum Gasteiger partial charge on any atom is 0.129 e. The molecule has 5 nitrogen and oxygen atoms in total. The van der Waals surface area contributed by atoms with Gasteiger partial charge < -0.3 is 19.0 Å². The molecular formula is C19H26FNO4. The highest BCUT2D eigenvalue weighted by molar-refractivity contribution is 5.17. The molecule has 1 aromatic heterocycles. The number of hydrogen-bond acceptors (Lipinski definition) is 5. The summed E-state index contributed by atoms with van der Waals surface area (Å²) in [6.45, 7) is 2.68. The highest BCUT2D eigenvalue weighted by atomic mass is 19.1. The number of aliphatic hydroxyl groups is 1. The lowest BCUT2D eigenvalue weighted by Gasteiger charge is -2.25. The Morgan fingerprint density at radius 2 is 2.08 bits per heavy atom. The van der Waals surface area contributed by atoms with Crippen molar-refractivity contribution in [1.82, 2.24) is 4.90 Å². The minimum Gasteiger partial charge on any atom is -0.467 e. The molecule has 2 aromatic rings. The van der Waals surface area contributed by atoms with E-state index in [1.807, 2.05) is 17.0 Å². The number of nitrogens with zero attached hydrogens (tertiary/aromatic N) is 1. The van der Waals surface area contributed by atoms with Crippen LogP contribution in [0.25, 0.3) is 0 Å². The zero-order valence-electron chi connectivity index (χ0n) is 14.6. The van der Waals surface area contributed by atoms with Gasteiger partial charge in [0.15, 0.2) is 0 Å². The summed E-state index contributed by atoms with van der Waals surface area (Å²) in [5, 5.41) is 10.2. The number of benzene rings is 1. The van der Waals surface area contributed by atoms with Crippen LogP contribution in [0.1, 0.15) is 17.7 Å². The van der Waals surface area contributed by atoms with Gasteiger partial charge in [-0.3, -0.25) is 4.90 Å². The molecule has 1 atom stereocenters. The molecule has 0 saturated carbocycles. The van der Waals surface area contributed by atoms with Gasteiger partial charge in [0, 0.05) is 38.9 Å². The lowest BCUT2D eigenvalue weighted by atomic mass is 10.2. The third kappa shape index (κ3) is 7.36. The molecule has 6 heteroatoms. The van der Waals surface area contributed by atoms with Crippen molar-refractivity contribution in [2.24, 2.45) is 0 Å². The van der Waals surface area contributed by atoms with E-state index in [2.05, 4.69) is 0 Å². The Kier molecular flexibility index (Phi) is 8.62. The topological polar surface area (TPSA) is 55.1 Å². The van der Waals surface area contributed by atoms with Crippen molar-refractivity contribution in [2.75, 3.05) is 33.4 Å². The first-order chi connectivity index (χ1) is 12.2. The standard InChI is InChI=1S/C19H26FNO4/c1-23-10-5-9-21(12-16-6-2-3-8-19(16)20)13-17(22)14-24-15-18-7-4-11-25-18/h2-4,6-8,11,17,22H,5,9-10,12-15H2,1H3. The Morgan fingerprint density at radius 3 is 2.80 bits per heavy atom. The first-order valence-electron chi connectivity index (χ1n) is 8.42. The summed E-state index contributed by atoms with van der Waals surface area (Å²) in [6, 6.07) is 10.3. The molecule has 0 saturated heterocycles. The van der Waals surface area contributed by atoms with Crippen LogP contribution in [-0.4, -0.2) is 49.5 Å². The summed E-state index contributed by atoms with van der Waals surface area (Å²) in [4.78, 5) is 2.01. The van der Waals surface area contributed by atoms with E-state index in [1.165, 1.54) is 6.07 Å². The molecule has 0 bridgehead atoms. The molecule has 0 spiro atoms. The van der Waals surface area contributed by atoms with Crippen LogP contribution in [-0.2, 0) is 22.6 Å². The second-order valence-corrected chi connectivity index (χ2v) is 5.92. The van der Waals surface area contributed by atoms with Gasteiger partial charge in [-0.05, 0) is 24.6 Å². The van der Waals surface area contributed by atoms with Crippen LogP contribution in [0, 0.1) is 5.82 Å². The second kappa shape index (κ2) is 11.0. The zero-order chi connectivity index (χ0) is 17.9. The quantitative estimate of drug-likeness (QED) is 0.596. The predicted octanol–water partition coefficient (Wildman–Crippen LogP) is 2.83. The fourth-order valence-corrected chi connectivity index (χ4v) is 2.58. The van der Waals surface area contributed by atoms with Crippen LogP contribution in [0.5, 0.6) is 0 Å². The van der Waals surface area contributed by atoms with Gasteiger partial charge in [-0.2, -0.15) is 0 Å². The normalized spacial score (nSPS) is 12.6. The number of halogens is 1. The van der Waals surface area contributed by atoms with Gasteiger partial charge in [0.05, 0.1) is 19.0 Å². The molecule has 0 radical (unpaired) electrons. The third-order valence-electron chi connectivity index (χ3n) is 3.78. The largest absolute Gasteiger partial charge is 0.467 e. The Labute approximate surface area is 148 Å². The van der Waals surface area contributed by atoms with E-state index in [1.54, 1.807) is 31.6 Å². The first-order valence-corrected chi connectivity index (χ1v) is 8.42. The number of hydrogen-bond donors (Lipinski definition) is 1. The fourth-order valence-electron chi connectivity index (χ4n) is 2.58. The zero-order valence-corrected chi connectivity index (χ0v) is 14.6. The van der Waals surface area contributed by atoms with Crippen LogP contribution < -0.4 is 0 Å². The molecule has 1 heterocycles. The Hall–Kier alpha value is -1.73. The van der Waals surface area contributed by atoms with Gasteiger partial charge in [-0.1, -0.05) is 18.2 Å². The first kappa shape index (κ1) is 19.6. The van der Waals surface area contributed by atoms with Crippen molar-refractivity contribution in [2.45, 2.75) is 25.7 Å². The third-order valence-corrected chi connectivity index (χ3v) is 3.78. The summed E-state index contributed by atoms with van der Waals surface area (Å²) in [7, 11) is 1.65. The van der Waals surface area contributed by atoms with Crippen molar-refractivity contribution < 1.29 is 23.4 Å². The fraction of sp³-hybridized carbons (Fsp3) is 0.474.